The number of hydrogen-bond acceptors (Lipinski definition) is 7. The number of ether oxygens (including phenoxy) is 2. The second kappa shape index (κ2) is 9.41. The molecule has 182 valence electrons. The number of hydrogen-bond donors (Lipinski definition) is 0. The minimum Gasteiger partial charge on any atom is -0.444 e. The molecule has 5 rings (SSSR count). The highest BCUT2D eigenvalue weighted by Crippen LogP contribution is 2.40. The van der Waals surface area contributed by atoms with Crippen LogP contribution in [0.4, 0.5) is 22.2 Å². The van der Waals surface area contributed by atoms with Crippen molar-refractivity contribution >= 4 is 23.5 Å². The number of carbonyl (C=O) groups excluding carboxylic acids is 1. The van der Waals surface area contributed by atoms with Crippen LogP contribution in [0.25, 0.3) is 0 Å². The molecule has 0 radical (unpaired) electrons. The summed E-state index contributed by atoms with van der Waals surface area (Å²) in [4.78, 5) is 29.2. The van der Waals surface area contributed by atoms with Gasteiger partial charge in [0.25, 0.3) is 0 Å². The maximum atomic E-state index is 12.6. The Morgan fingerprint density at radius 3 is 2.38 bits per heavy atom. The monoisotopic (exact) mass is 465 g/mol. The lowest BCUT2D eigenvalue weighted by atomic mass is 9.90. The van der Waals surface area contributed by atoms with Crippen molar-refractivity contribution in [1.82, 2.24) is 14.9 Å². The number of fused-ring (bicyclic) bond motifs is 1. The van der Waals surface area contributed by atoms with Crippen LogP contribution in [0.2, 0.25) is 0 Å². The number of piperidine rings is 1. The van der Waals surface area contributed by atoms with E-state index in [0.29, 0.717) is 32.2 Å². The zero-order valence-corrected chi connectivity index (χ0v) is 20.5. The summed E-state index contributed by atoms with van der Waals surface area (Å²) in [6, 6.07) is 10.5. The van der Waals surface area contributed by atoms with E-state index in [-0.39, 0.29) is 6.09 Å². The fourth-order valence-electron chi connectivity index (χ4n) is 5.03. The molecule has 2 aromatic rings. The van der Waals surface area contributed by atoms with E-state index in [0.717, 1.165) is 56.4 Å². The first-order chi connectivity index (χ1) is 16.4. The topological polar surface area (TPSA) is 71.0 Å². The molecule has 0 bridgehead atoms. The van der Waals surface area contributed by atoms with Crippen LogP contribution in [0, 0.1) is 0 Å². The third-order valence-electron chi connectivity index (χ3n) is 6.74. The van der Waals surface area contributed by atoms with E-state index in [4.69, 9.17) is 19.4 Å². The quantitative estimate of drug-likeness (QED) is 0.675. The van der Waals surface area contributed by atoms with Gasteiger partial charge in [0.05, 0.1) is 18.9 Å². The number of anilines is 3. The zero-order chi connectivity index (χ0) is 23.7. The lowest BCUT2D eigenvalue weighted by Crippen LogP contribution is -2.41. The Bertz CT molecular complexity index is 1010. The van der Waals surface area contributed by atoms with Gasteiger partial charge in [-0.05, 0) is 52.2 Å². The lowest BCUT2D eigenvalue weighted by Gasteiger charge is -2.34. The fraction of sp³-hybridized carbons (Fsp3) is 0.577. The number of morpholine rings is 1. The Morgan fingerprint density at radius 2 is 1.71 bits per heavy atom. The van der Waals surface area contributed by atoms with Gasteiger partial charge >= 0.3 is 6.09 Å². The van der Waals surface area contributed by atoms with Gasteiger partial charge in [-0.2, -0.15) is 4.98 Å². The average Bonchev–Trinajstić information content (AvgIpc) is 3.28. The Balaban J connectivity index is 1.42. The molecule has 34 heavy (non-hydrogen) atoms. The van der Waals surface area contributed by atoms with Crippen molar-refractivity contribution in [2.45, 2.75) is 51.6 Å². The number of carbonyl (C=O) groups is 1. The van der Waals surface area contributed by atoms with Gasteiger partial charge in [-0.1, -0.05) is 18.2 Å². The molecular weight excluding hydrogens is 430 g/mol. The van der Waals surface area contributed by atoms with Gasteiger partial charge in [-0.15, -0.1) is 0 Å². The molecule has 2 saturated heterocycles. The van der Waals surface area contributed by atoms with Crippen LogP contribution < -0.4 is 9.80 Å². The molecule has 0 saturated carbocycles. The maximum absolute atomic E-state index is 12.6. The average molecular weight is 466 g/mol. The number of para-hydroxylation sites is 1. The first kappa shape index (κ1) is 22.9. The highest BCUT2D eigenvalue weighted by molar-refractivity contribution is 5.69. The third kappa shape index (κ3) is 4.82. The normalized spacial score (nSPS) is 19.3. The number of aromatic nitrogens is 2. The van der Waals surface area contributed by atoms with E-state index in [9.17, 15) is 4.79 Å². The molecule has 2 fully saturated rings. The van der Waals surface area contributed by atoms with Crippen molar-refractivity contribution < 1.29 is 14.3 Å². The van der Waals surface area contributed by atoms with Crippen LogP contribution in [-0.4, -0.2) is 72.5 Å². The zero-order valence-electron chi connectivity index (χ0n) is 20.5. The number of nitrogens with zero attached hydrogens (tertiary/aromatic N) is 5. The summed E-state index contributed by atoms with van der Waals surface area (Å²) in [5.41, 5.74) is 3.11. The molecule has 0 aliphatic carbocycles. The van der Waals surface area contributed by atoms with Gasteiger partial charge in [-0.25, -0.2) is 9.78 Å². The summed E-state index contributed by atoms with van der Waals surface area (Å²) in [6.45, 7) is 11.0. The third-order valence-corrected chi connectivity index (χ3v) is 6.74. The number of likely N-dealkylation sites (tertiary alicyclic amines) is 1. The van der Waals surface area contributed by atoms with Crippen molar-refractivity contribution in [1.29, 1.82) is 0 Å². The first-order valence-electron chi connectivity index (χ1n) is 12.4. The largest absolute Gasteiger partial charge is 0.444 e. The van der Waals surface area contributed by atoms with Crippen molar-refractivity contribution in [3.8, 4) is 0 Å². The van der Waals surface area contributed by atoms with Crippen molar-refractivity contribution in [2.75, 3.05) is 55.7 Å². The van der Waals surface area contributed by atoms with E-state index < -0.39 is 5.60 Å². The fourth-order valence-corrected chi connectivity index (χ4v) is 5.03. The van der Waals surface area contributed by atoms with Gasteiger partial charge in [-0.3, -0.25) is 0 Å². The Labute approximate surface area is 201 Å². The Morgan fingerprint density at radius 1 is 1.00 bits per heavy atom. The van der Waals surface area contributed by atoms with E-state index in [2.05, 4.69) is 34.1 Å². The predicted molar refractivity (Wildman–Crippen MR) is 132 cm³/mol. The van der Waals surface area contributed by atoms with E-state index in [1.54, 1.807) is 0 Å². The SMILES string of the molecule is CC(C)(C)OC(=O)N1CCC(c2nc(N3CCOCC3)nc3c2CCN3c2ccccc2)CC1. The van der Waals surface area contributed by atoms with Gasteiger partial charge in [0.2, 0.25) is 5.95 Å². The van der Waals surface area contributed by atoms with Crippen molar-refractivity contribution in [3.63, 3.8) is 0 Å². The minimum atomic E-state index is -0.477. The molecule has 0 N–H and O–H groups in total. The summed E-state index contributed by atoms with van der Waals surface area (Å²) in [5, 5.41) is 0. The number of amides is 1. The molecule has 1 aromatic heterocycles. The molecule has 0 unspecified atom stereocenters. The molecular formula is C26H35N5O3. The highest BCUT2D eigenvalue weighted by Gasteiger charge is 2.34. The standard InChI is InChI=1S/C26H35N5O3/c1-26(2,3)34-25(32)30-12-9-19(10-13-30)22-21-11-14-31(20-7-5-4-6-8-20)23(21)28-24(27-22)29-15-17-33-18-16-29/h4-8,19H,9-18H2,1-3H3. The summed E-state index contributed by atoms with van der Waals surface area (Å²) >= 11 is 0. The minimum absolute atomic E-state index is 0.219. The predicted octanol–water partition coefficient (Wildman–Crippen LogP) is 4.12. The molecule has 0 spiro atoms. The summed E-state index contributed by atoms with van der Waals surface area (Å²) in [6.07, 6.45) is 2.49. The molecule has 3 aliphatic rings. The Kier molecular flexibility index (Phi) is 6.34. The Hall–Kier alpha value is -2.87. The van der Waals surface area contributed by atoms with E-state index in [1.807, 2.05) is 31.7 Å². The van der Waals surface area contributed by atoms with Crippen LogP contribution in [0.5, 0.6) is 0 Å². The van der Waals surface area contributed by atoms with Crippen LogP contribution in [0.1, 0.15) is 50.8 Å². The highest BCUT2D eigenvalue weighted by atomic mass is 16.6. The van der Waals surface area contributed by atoms with Gasteiger partial charge in [0.15, 0.2) is 0 Å². The molecule has 1 aromatic carbocycles. The smallest absolute Gasteiger partial charge is 0.410 e. The van der Waals surface area contributed by atoms with E-state index in [1.165, 1.54) is 11.3 Å². The van der Waals surface area contributed by atoms with Gasteiger partial charge in [0.1, 0.15) is 11.4 Å². The summed E-state index contributed by atoms with van der Waals surface area (Å²) in [5.74, 6) is 2.15. The van der Waals surface area contributed by atoms with Crippen LogP contribution in [0.3, 0.4) is 0 Å². The van der Waals surface area contributed by atoms with Gasteiger partial charge < -0.3 is 24.2 Å². The first-order valence-corrected chi connectivity index (χ1v) is 12.4. The number of benzene rings is 1. The summed E-state index contributed by atoms with van der Waals surface area (Å²) < 4.78 is 11.2. The molecule has 1 amide bonds. The lowest BCUT2D eigenvalue weighted by molar-refractivity contribution is 0.0204. The molecule has 8 heteroatoms. The molecule has 8 nitrogen and oxygen atoms in total. The molecule has 0 atom stereocenters. The van der Waals surface area contributed by atoms with Crippen LogP contribution in [0.15, 0.2) is 30.3 Å². The van der Waals surface area contributed by atoms with E-state index >= 15 is 0 Å². The van der Waals surface area contributed by atoms with Crippen LogP contribution in [-0.2, 0) is 15.9 Å². The van der Waals surface area contributed by atoms with Crippen molar-refractivity contribution in [3.05, 3.63) is 41.6 Å². The van der Waals surface area contributed by atoms with Gasteiger partial charge in [0, 0.05) is 49.9 Å². The second-order valence-corrected chi connectivity index (χ2v) is 10.3. The summed E-state index contributed by atoms with van der Waals surface area (Å²) in [7, 11) is 0. The molecule has 4 heterocycles. The maximum Gasteiger partial charge on any atom is 0.410 e. The second-order valence-electron chi connectivity index (χ2n) is 10.3. The van der Waals surface area contributed by atoms with Crippen molar-refractivity contribution in [2.24, 2.45) is 0 Å². The molecule has 3 aliphatic heterocycles. The number of rotatable bonds is 3. The van der Waals surface area contributed by atoms with Crippen LogP contribution >= 0.6 is 0 Å².